The zero-order chi connectivity index (χ0) is 17.9. The fraction of sp³-hybridized carbons (Fsp3) is 0.421. The van der Waals surface area contributed by atoms with Crippen LogP contribution in [0.5, 0.6) is 5.75 Å². The maximum absolute atomic E-state index is 12.8. The van der Waals surface area contributed by atoms with E-state index in [1.807, 2.05) is 32.0 Å². The number of hydrogen-bond donors (Lipinski definition) is 0. The van der Waals surface area contributed by atoms with Gasteiger partial charge in [-0.25, -0.2) is 8.42 Å². The normalized spacial score (nSPS) is 16.7. The van der Waals surface area contributed by atoms with Crippen molar-refractivity contribution < 1.29 is 13.2 Å². The number of aromatic nitrogens is 1. The average molecular weight is 360 g/mol. The molecule has 0 aliphatic carbocycles. The Bertz CT molecular complexity index is 828. The molecule has 0 atom stereocenters. The summed E-state index contributed by atoms with van der Waals surface area (Å²) in [6.45, 7) is 5.53. The molecule has 25 heavy (non-hydrogen) atoms. The summed E-state index contributed by atoms with van der Waals surface area (Å²) in [5, 5.41) is 0. The summed E-state index contributed by atoms with van der Waals surface area (Å²) in [4.78, 5) is 4.54. The van der Waals surface area contributed by atoms with Crippen molar-refractivity contribution in [1.82, 2.24) is 9.29 Å². The molecule has 3 rings (SSSR count). The Hall–Kier alpha value is -1.92. The first-order valence-electron chi connectivity index (χ1n) is 8.57. The summed E-state index contributed by atoms with van der Waals surface area (Å²) in [6, 6.07) is 10.9. The SMILES string of the molecule is Cc1cccc(S(=O)(=O)N2CCC(COc3ccnc(C)c3)CC2)c1. The van der Waals surface area contributed by atoms with Crippen molar-refractivity contribution in [3.05, 3.63) is 53.9 Å². The lowest BCUT2D eigenvalue weighted by Crippen LogP contribution is -2.39. The molecule has 0 spiro atoms. The number of ether oxygens (including phenoxy) is 1. The Morgan fingerprint density at radius 1 is 1.16 bits per heavy atom. The van der Waals surface area contributed by atoms with E-state index in [2.05, 4.69) is 4.98 Å². The van der Waals surface area contributed by atoms with Gasteiger partial charge in [-0.15, -0.1) is 0 Å². The first-order chi connectivity index (χ1) is 11.9. The van der Waals surface area contributed by atoms with Crippen molar-refractivity contribution in [2.45, 2.75) is 31.6 Å². The third-order valence-electron chi connectivity index (χ3n) is 4.55. The second-order valence-electron chi connectivity index (χ2n) is 6.61. The minimum absolute atomic E-state index is 0.373. The van der Waals surface area contributed by atoms with Gasteiger partial charge in [-0.05, 0) is 56.4 Å². The summed E-state index contributed by atoms with van der Waals surface area (Å²) in [6.07, 6.45) is 3.37. The number of sulfonamides is 1. The van der Waals surface area contributed by atoms with Gasteiger partial charge in [0.15, 0.2) is 0 Å². The minimum atomic E-state index is -3.40. The quantitative estimate of drug-likeness (QED) is 0.822. The predicted molar refractivity (Wildman–Crippen MR) is 97.1 cm³/mol. The van der Waals surface area contributed by atoms with Crippen LogP contribution in [-0.4, -0.2) is 37.4 Å². The van der Waals surface area contributed by atoms with Crippen molar-refractivity contribution >= 4 is 10.0 Å². The fourth-order valence-corrected chi connectivity index (χ4v) is 4.64. The average Bonchev–Trinajstić information content (AvgIpc) is 2.60. The first kappa shape index (κ1) is 17.9. The lowest BCUT2D eigenvalue weighted by molar-refractivity contribution is 0.185. The lowest BCUT2D eigenvalue weighted by atomic mass is 9.99. The molecule has 2 aromatic rings. The Balaban J connectivity index is 1.56. The van der Waals surface area contributed by atoms with E-state index >= 15 is 0 Å². The molecule has 1 aliphatic rings. The number of piperidine rings is 1. The molecule has 0 amide bonds. The van der Waals surface area contributed by atoms with E-state index in [0.717, 1.165) is 29.8 Å². The van der Waals surface area contributed by atoms with Gasteiger partial charge in [-0.2, -0.15) is 4.31 Å². The van der Waals surface area contributed by atoms with Crippen LogP contribution in [0.1, 0.15) is 24.1 Å². The van der Waals surface area contributed by atoms with E-state index in [4.69, 9.17) is 4.74 Å². The van der Waals surface area contributed by atoms with Crippen LogP contribution in [0.15, 0.2) is 47.5 Å². The fourth-order valence-electron chi connectivity index (χ4n) is 3.06. The van der Waals surface area contributed by atoms with Gasteiger partial charge in [0.05, 0.1) is 11.5 Å². The van der Waals surface area contributed by atoms with Crippen LogP contribution in [0.4, 0.5) is 0 Å². The molecule has 1 aromatic heterocycles. The molecule has 2 heterocycles. The molecule has 6 heteroatoms. The topological polar surface area (TPSA) is 59.5 Å². The number of aryl methyl sites for hydroxylation is 2. The maximum atomic E-state index is 12.8. The summed E-state index contributed by atoms with van der Waals surface area (Å²) in [7, 11) is -3.40. The zero-order valence-electron chi connectivity index (χ0n) is 14.7. The van der Waals surface area contributed by atoms with Crippen LogP contribution in [0.25, 0.3) is 0 Å². The van der Waals surface area contributed by atoms with E-state index in [0.29, 0.717) is 30.5 Å². The molecule has 0 saturated carbocycles. The van der Waals surface area contributed by atoms with Crippen LogP contribution in [0.3, 0.4) is 0 Å². The smallest absolute Gasteiger partial charge is 0.243 e. The van der Waals surface area contributed by atoms with Gasteiger partial charge < -0.3 is 4.74 Å². The van der Waals surface area contributed by atoms with Gasteiger partial charge in [0.25, 0.3) is 0 Å². The molecule has 0 unspecified atom stereocenters. The van der Waals surface area contributed by atoms with Gasteiger partial charge in [0.2, 0.25) is 10.0 Å². The van der Waals surface area contributed by atoms with Gasteiger partial charge >= 0.3 is 0 Å². The Morgan fingerprint density at radius 3 is 2.60 bits per heavy atom. The molecule has 1 saturated heterocycles. The Kier molecular flexibility index (Phi) is 5.39. The second-order valence-corrected chi connectivity index (χ2v) is 8.55. The maximum Gasteiger partial charge on any atom is 0.243 e. The van der Waals surface area contributed by atoms with Gasteiger partial charge in [-0.1, -0.05) is 12.1 Å². The largest absolute Gasteiger partial charge is 0.493 e. The highest BCUT2D eigenvalue weighted by atomic mass is 32.2. The zero-order valence-corrected chi connectivity index (χ0v) is 15.5. The van der Waals surface area contributed by atoms with Gasteiger partial charge in [0.1, 0.15) is 5.75 Å². The van der Waals surface area contributed by atoms with E-state index in [-0.39, 0.29) is 0 Å². The van der Waals surface area contributed by atoms with Crippen LogP contribution >= 0.6 is 0 Å². The first-order valence-corrected chi connectivity index (χ1v) is 10.0. The summed E-state index contributed by atoms with van der Waals surface area (Å²) in [5.74, 6) is 1.19. The van der Waals surface area contributed by atoms with Gasteiger partial charge in [0, 0.05) is 31.0 Å². The Labute approximate surface area is 149 Å². The highest BCUT2D eigenvalue weighted by Gasteiger charge is 2.29. The van der Waals surface area contributed by atoms with Crippen LogP contribution < -0.4 is 4.74 Å². The highest BCUT2D eigenvalue weighted by Crippen LogP contribution is 2.25. The van der Waals surface area contributed by atoms with Crippen molar-refractivity contribution in [3.63, 3.8) is 0 Å². The third kappa shape index (κ3) is 4.38. The predicted octanol–water partition coefficient (Wildman–Crippen LogP) is 3.18. The molecule has 0 bridgehead atoms. The number of benzene rings is 1. The van der Waals surface area contributed by atoms with E-state index in [1.54, 1.807) is 28.7 Å². The standard InChI is InChI=1S/C19H24N2O3S/c1-15-4-3-5-19(12-15)25(22,23)21-10-7-17(8-11-21)14-24-18-6-9-20-16(2)13-18/h3-6,9,12-13,17H,7-8,10-11,14H2,1-2H3. The third-order valence-corrected chi connectivity index (χ3v) is 6.45. The molecule has 0 N–H and O–H groups in total. The van der Waals surface area contributed by atoms with E-state index in [1.165, 1.54) is 0 Å². The van der Waals surface area contributed by atoms with Crippen LogP contribution in [0.2, 0.25) is 0 Å². The lowest BCUT2D eigenvalue weighted by Gasteiger charge is -2.31. The second kappa shape index (κ2) is 7.54. The van der Waals surface area contributed by atoms with Crippen molar-refractivity contribution in [2.75, 3.05) is 19.7 Å². The van der Waals surface area contributed by atoms with Crippen LogP contribution in [0, 0.1) is 19.8 Å². The van der Waals surface area contributed by atoms with E-state index in [9.17, 15) is 8.42 Å². The molecule has 1 aliphatic heterocycles. The molecular weight excluding hydrogens is 336 g/mol. The molecule has 1 fully saturated rings. The number of nitrogens with zero attached hydrogens (tertiary/aromatic N) is 2. The van der Waals surface area contributed by atoms with Crippen LogP contribution in [-0.2, 0) is 10.0 Å². The summed E-state index contributed by atoms with van der Waals surface area (Å²) in [5.41, 5.74) is 1.88. The molecule has 1 aromatic carbocycles. The van der Waals surface area contributed by atoms with Gasteiger partial charge in [-0.3, -0.25) is 4.98 Å². The highest BCUT2D eigenvalue weighted by molar-refractivity contribution is 7.89. The number of pyridine rings is 1. The molecule has 0 radical (unpaired) electrons. The van der Waals surface area contributed by atoms with E-state index < -0.39 is 10.0 Å². The van der Waals surface area contributed by atoms with Crippen molar-refractivity contribution in [1.29, 1.82) is 0 Å². The van der Waals surface area contributed by atoms with Crippen molar-refractivity contribution in [3.8, 4) is 5.75 Å². The van der Waals surface area contributed by atoms with Crippen molar-refractivity contribution in [2.24, 2.45) is 5.92 Å². The Morgan fingerprint density at radius 2 is 1.92 bits per heavy atom. The molecular formula is C19H24N2O3S. The molecule has 5 nitrogen and oxygen atoms in total. The summed E-state index contributed by atoms with van der Waals surface area (Å²) < 4.78 is 32.9. The number of hydrogen-bond acceptors (Lipinski definition) is 4. The monoisotopic (exact) mass is 360 g/mol. The molecule has 134 valence electrons. The summed E-state index contributed by atoms with van der Waals surface area (Å²) >= 11 is 0. The minimum Gasteiger partial charge on any atom is -0.493 e. The number of rotatable bonds is 5.